The van der Waals surface area contributed by atoms with Crippen LogP contribution in [0.3, 0.4) is 0 Å². The SMILES string of the molecule is OC1[C@@H](Cl)[C@H]2CC[C@H](O2)[C@H]1Cl. The summed E-state index contributed by atoms with van der Waals surface area (Å²) in [5.41, 5.74) is 0. The van der Waals surface area contributed by atoms with Gasteiger partial charge < -0.3 is 9.84 Å². The van der Waals surface area contributed by atoms with Gasteiger partial charge in [-0.15, -0.1) is 23.2 Å². The second kappa shape index (κ2) is 2.77. The van der Waals surface area contributed by atoms with Crippen molar-refractivity contribution in [1.82, 2.24) is 0 Å². The molecule has 4 heteroatoms. The third-order valence-electron chi connectivity index (χ3n) is 2.45. The first-order chi connectivity index (χ1) is 5.20. The lowest BCUT2D eigenvalue weighted by atomic mass is 10.1. The van der Waals surface area contributed by atoms with Crippen molar-refractivity contribution >= 4 is 23.2 Å². The zero-order chi connectivity index (χ0) is 8.01. The average molecular weight is 197 g/mol. The molecular weight excluding hydrogens is 187 g/mol. The van der Waals surface area contributed by atoms with Gasteiger partial charge in [-0.3, -0.25) is 0 Å². The summed E-state index contributed by atoms with van der Waals surface area (Å²) in [7, 11) is 0. The smallest absolute Gasteiger partial charge is 0.0917 e. The Kier molecular flexibility index (Phi) is 2.04. The molecule has 11 heavy (non-hydrogen) atoms. The fourth-order valence-corrected chi connectivity index (χ4v) is 2.53. The minimum atomic E-state index is -0.607. The predicted molar refractivity (Wildman–Crippen MR) is 43.2 cm³/mol. The van der Waals surface area contributed by atoms with Gasteiger partial charge in [0.1, 0.15) is 0 Å². The number of rotatable bonds is 0. The van der Waals surface area contributed by atoms with E-state index in [9.17, 15) is 5.11 Å². The second-order valence-electron chi connectivity index (χ2n) is 3.17. The van der Waals surface area contributed by atoms with Crippen LogP contribution in [0.25, 0.3) is 0 Å². The van der Waals surface area contributed by atoms with Gasteiger partial charge in [0.05, 0.1) is 29.1 Å². The van der Waals surface area contributed by atoms with Gasteiger partial charge in [0, 0.05) is 0 Å². The van der Waals surface area contributed by atoms with Crippen LogP contribution in [0.15, 0.2) is 0 Å². The third-order valence-corrected chi connectivity index (χ3v) is 3.53. The zero-order valence-corrected chi connectivity index (χ0v) is 7.42. The Morgan fingerprint density at radius 2 is 1.55 bits per heavy atom. The van der Waals surface area contributed by atoms with Crippen molar-refractivity contribution in [2.24, 2.45) is 0 Å². The van der Waals surface area contributed by atoms with E-state index in [2.05, 4.69) is 0 Å². The first-order valence-corrected chi connectivity index (χ1v) is 4.69. The number of hydrogen-bond acceptors (Lipinski definition) is 2. The summed E-state index contributed by atoms with van der Waals surface area (Å²) in [6.07, 6.45) is 1.29. The molecule has 0 radical (unpaired) electrons. The summed E-state index contributed by atoms with van der Waals surface area (Å²) in [5.74, 6) is 0. The highest BCUT2D eigenvalue weighted by Gasteiger charge is 2.47. The fourth-order valence-electron chi connectivity index (χ4n) is 1.77. The van der Waals surface area contributed by atoms with Crippen molar-refractivity contribution in [3.63, 3.8) is 0 Å². The Bertz CT molecular complexity index is 145. The molecular formula is C7H10Cl2O2. The van der Waals surface area contributed by atoms with Crippen LogP contribution < -0.4 is 0 Å². The van der Waals surface area contributed by atoms with Crippen LogP contribution in [0, 0.1) is 0 Å². The van der Waals surface area contributed by atoms with Crippen LogP contribution in [-0.4, -0.2) is 34.2 Å². The minimum absolute atomic E-state index is 0.0201. The molecule has 64 valence electrons. The highest BCUT2D eigenvalue weighted by molar-refractivity contribution is 6.25. The lowest BCUT2D eigenvalue weighted by Gasteiger charge is -2.33. The van der Waals surface area contributed by atoms with Crippen LogP contribution in [0.5, 0.6) is 0 Å². The number of aliphatic hydroxyl groups is 1. The maximum absolute atomic E-state index is 9.48. The number of ether oxygens (including phenoxy) is 1. The van der Waals surface area contributed by atoms with Gasteiger partial charge in [-0.25, -0.2) is 0 Å². The van der Waals surface area contributed by atoms with E-state index in [1.807, 2.05) is 0 Å². The predicted octanol–water partition coefficient (Wildman–Crippen LogP) is 1.12. The highest BCUT2D eigenvalue weighted by atomic mass is 35.5. The standard InChI is InChI=1S/C7H10Cl2O2/c8-5-3-1-2-4(11-3)6(9)7(5)10/h3-7,10H,1-2H2/t3-,4+,5+,6-,7?. The molecule has 2 bridgehead atoms. The van der Waals surface area contributed by atoms with Gasteiger partial charge in [0.25, 0.3) is 0 Å². The Hall–Kier alpha value is 0.500. The Morgan fingerprint density at radius 3 is 2.00 bits per heavy atom. The maximum atomic E-state index is 9.48. The van der Waals surface area contributed by atoms with Crippen molar-refractivity contribution in [1.29, 1.82) is 0 Å². The molecule has 2 saturated heterocycles. The van der Waals surface area contributed by atoms with Crippen molar-refractivity contribution in [3.05, 3.63) is 0 Å². The van der Waals surface area contributed by atoms with Gasteiger partial charge in [-0.2, -0.15) is 0 Å². The van der Waals surface area contributed by atoms with Crippen LogP contribution >= 0.6 is 23.2 Å². The molecule has 1 N–H and O–H groups in total. The molecule has 0 aromatic heterocycles. The molecule has 0 aliphatic carbocycles. The Balaban J connectivity index is 2.16. The van der Waals surface area contributed by atoms with Crippen LogP contribution in [0.2, 0.25) is 0 Å². The molecule has 5 atom stereocenters. The molecule has 2 nitrogen and oxygen atoms in total. The van der Waals surface area contributed by atoms with Gasteiger partial charge in [-0.05, 0) is 12.8 Å². The van der Waals surface area contributed by atoms with Crippen molar-refractivity contribution in [2.75, 3.05) is 0 Å². The van der Waals surface area contributed by atoms with Gasteiger partial charge in [0.2, 0.25) is 0 Å². The largest absolute Gasteiger partial charge is 0.390 e. The van der Waals surface area contributed by atoms with E-state index in [-0.39, 0.29) is 23.0 Å². The number of alkyl halides is 2. The van der Waals surface area contributed by atoms with Gasteiger partial charge >= 0.3 is 0 Å². The van der Waals surface area contributed by atoms with Crippen molar-refractivity contribution in [3.8, 4) is 0 Å². The second-order valence-corrected chi connectivity index (χ2v) is 4.18. The summed E-state index contributed by atoms with van der Waals surface area (Å²) >= 11 is 11.8. The summed E-state index contributed by atoms with van der Waals surface area (Å²) in [4.78, 5) is 0. The first kappa shape index (κ1) is 8.11. The van der Waals surface area contributed by atoms with Crippen LogP contribution in [0.4, 0.5) is 0 Å². The molecule has 0 aromatic carbocycles. The lowest BCUT2D eigenvalue weighted by molar-refractivity contribution is -0.0444. The molecule has 0 saturated carbocycles. The number of fused-ring (bicyclic) bond motifs is 2. The third kappa shape index (κ3) is 1.17. The number of hydrogen-bond donors (Lipinski definition) is 1. The van der Waals surface area contributed by atoms with E-state index >= 15 is 0 Å². The van der Waals surface area contributed by atoms with E-state index in [1.54, 1.807) is 0 Å². The van der Waals surface area contributed by atoms with Crippen molar-refractivity contribution in [2.45, 2.75) is 41.9 Å². The molecule has 2 rings (SSSR count). The molecule has 0 amide bonds. The quantitative estimate of drug-likeness (QED) is 0.589. The Morgan fingerprint density at radius 1 is 1.09 bits per heavy atom. The molecule has 2 aliphatic rings. The van der Waals surface area contributed by atoms with E-state index in [1.165, 1.54) is 0 Å². The summed E-state index contributed by atoms with van der Waals surface area (Å²) in [6, 6.07) is 0. The Labute approximate surface area is 75.4 Å². The molecule has 0 aromatic rings. The zero-order valence-electron chi connectivity index (χ0n) is 5.91. The fraction of sp³-hybridized carbons (Fsp3) is 1.00. The first-order valence-electron chi connectivity index (χ1n) is 3.82. The molecule has 2 fully saturated rings. The normalized spacial score (nSPS) is 56.5. The monoisotopic (exact) mass is 196 g/mol. The van der Waals surface area contributed by atoms with Crippen LogP contribution in [0.1, 0.15) is 12.8 Å². The van der Waals surface area contributed by atoms with Crippen LogP contribution in [-0.2, 0) is 4.74 Å². The molecule has 2 aliphatic heterocycles. The van der Waals surface area contributed by atoms with E-state index < -0.39 is 6.10 Å². The topological polar surface area (TPSA) is 29.5 Å². The number of halogens is 2. The lowest BCUT2D eigenvalue weighted by Crippen LogP contribution is -2.48. The molecule has 2 heterocycles. The molecule has 1 unspecified atom stereocenters. The number of aliphatic hydroxyl groups excluding tert-OH is 1. The summed E-state index contributed by atoms with van der Waals surface area (Å²) in [5, 5.41) is 8.84. The van der Waals surface area contributed by atoms with E-state index in [4.69, 9.17) is 27.9 Å². The highest BCUT2D eigenvalue weighted by Crippen LogP contribution is 2.38. The van der Waals surface area contributed by atoms with E-state index in [0.717, 1.165) is 12.8 Å². The van der Waals surface area contributed by atoms with Gasteiger partial charge in [0.15, 0.2) is 0 Å². The maximum Gasteiger partial charge on any atom is 0.0917 e. The van der Waals surface area contributed by atoms with Gasteiger partial charge in [-0.1, -0.05) is 0 Å². The average Bonchev–Trinajstić information content (AvgIpc) is 2.44. The molecule has 0 spiro atoms. The van der Waals surface area contributed by atoms with Crippen molar-refractivity contribution < 1.29 is 9.84 Å². The summed E-state index contributed by atoms with van der Waals surface area (Å²) in [6.45, 7) is 0. The minimum Gasteiger partial charge on any atom is -0.390 e. The van der Waals surface area contributed by atoms with E-state index in [0.29, 0.717) is 0 Å². The summed E-state index contributed by atoms with van der Waals surface area (Å²) < 4.78 is 5.47.